The van der Waals surface area contributed by atoms with E-state index in [1.807, 2.05) is 19.9 Å². The highest BCUT2D eigenvalue weighted by Gasteiger charge is 2.26. The van der Waals surface area contributed by atoms with Gasteiger partial charge < -0.3 is 9.64 Å². The minimum Gasteiger partial charge on any atom is -0.478 e. The molecule has 0 aliphatic carbocycles. The van der Waals surface area contributed by atoms with Crippen LogP contribution in [0.2, 0.25) is 0 Å². The number of hydrogen-bond acceptors (Lipinski definition) is 4. The monoisotopic (exact) mass is 269 g/mol. The molecule has 1 aliphatic heterocycles. The Labute approximate surface area is 113 Å². The van der Waals surface area contributed by atoms with Gasteiger partial charge in [0.1, 0.15) is 0 Å². The van der Waals surface area contributed by atoms with Gasteiger partial charge in [0.25, 0.3) is 0 Å². The van der Waals surface area contributed by atoms with E-state index in [4.69, 9.17) is 16.3 Å². The van der Waals surface area contributed by atoms with E-state index in [0.717, 1.165) is 31.2 Å². The lowest BCUT2D eigenvalue weighted by Gasteiger charge is -2.34. The fourth-order valence-corrected chi connectivity index (χ4v) is 2.36. The molecule has 0 aromatic carbocycles. The van der Waals surface area contributed by atoms with Gasteiger partial charge in [-0.1, -0.05) is 6.92 Å². The first-order chi connectivity index (χ1) is 8.60. The number of alkyl halides is 1. The number of halogens is 1. The zero-order valence-corrected chi connectivity index (χ0v) is 11.9. The van der Waals surface area contributed by atoms with Gasteiger partial charge in [0.05, 0.1) is 6.61 Å². The van der Waals surface area contributed by atoms with E-state index in [-0.39, 0.29) is 5.38 Å². The summed E-state index contributed by atoms with van der Waals surface area (Å²) in [5, 5.41) is 0.262. The quantitative estimate of drug-likeness (QED) is 0.791. The van der Waals surface area contributed by atoms with Crippen LogP contribution >= 0.6 is 11.6 Å². The Hall–Kier alpha value is -1.03. The lowest BCUT2D eigenvalue weighted by Crippen LogP contribution is -2.40. The van der Waals surface area contributed by atoms with E-state index in [0.29, 0.717) is 18.4 Å². The molecule has 1 saturated heterocycles. The Balaban J connectivity index is 2.17. The first kappa shape index (κ1) is 13.4. The number of hydrogen-bond donors (Lipinski definition) is 0. The SMILES string of the molecule is CCOc1cc(C)nc(N2CCC(Cl)C(C)C2)n1. The smallest absolute Gasteiger partial charge is 0.228 e. The van der Waals surface area contributed by atoms with E-state index >= 15 is 0 Å². The molecule has 4 nitrogen and oxygen atoms in total. The van der Waals surface area contributed by atoms with Crippen molar-refractivity contribution in [1.29, 1.82) is 0 Å². The van der Waals surface area contributed by atoms with E-state index in [1.165, 1.54) is 0 Å². The van der Waals surface area contributed by atoms with Crippen LogP contribution < -0.4 is 9.64 Å². The fraction of sp³-hybridized carbons (Fsp3) is 0.692. The zero-order chi connectivity index (χ0) is 13.1. The Morgan fingerprint density at radius 3 is 2.94 bits per heavy atom. The van der Waals surface area contributed by atoms with Crippen molar-refractivity contribution in [3.05, 3.63) is 11.8 Å². The van der Waals surface area contributed by atoms with Gasteiger partial charge in [0.2, 0.25) is 11.8 Å². The summed E-state index contributed by atoms with van der Waals surface area (Å²) in [6, 6.07) is 1.87. The molecule has 0 bridgehead atoms. The van der Waals surface area contributed by atoms with Crippen LogP contribution in [0.5, 0.6) is 5.88 Å². The van der Waals surface area contributed by atoms with Crippen molar-refractivity contribution < 1.29 is 4.74 Å². The van der Waals surface area contributed by atoms with Crippen molar-refractivity contribution in [2.24, 2.45) is 5.92 Å². The van der Waals surface area contributed by atoms with Gasteiger partial charge in [-0.05, 0) is 26.2 Å². The molecule has 0 saturated carbocycles. The Bertz CT molecular complexity index is 413. The highest BCUT2D eigenvalue weighted by atomic mass is 35.5. The molecule has 1 aromatic heterocycles. The van der Waals surface area contributed by atoms with Crippen molar-refractivity contribution in [1.82, 2.24) is 9.97 Å². The largest absolute Gasteiger partial charge is 0.478 e. The van der Waals surface area contributed by atoms with Crippen molar-refractivity contribution >= 4 is 17.5 Å². The maximum atomic E-state index is 6.24. The predicted octanol–water partition coefficient (Wildman–Crippen LogP) is 2.64. The Kier molecular flexibility index (Phi) is 4.27. The van der Waals surface area contributed by atoms with Crippen LogP contribution in [0.25, 0.3) is 0 Å². The Morgan fingerprint density at radius 2 is 2.28 bits per heavy atom. The van der Waals surface area contributed by atoms with Crippen LogP contribution in [-0.2, 0) is 0 Å². The fourth-order valence-electron chi connectivity index (χ4n) is 2.19. The maximum absolute atomic E-state index is 6.24. The second kappa shape index (κ2) is 5.74. The minimum absolute atomic E-state index is 0.262. The molecule has 2 heterocycles. The molecular weight excluding hydrogens is 250 g/mol. The van der Waals surface area contributed by atoms with E-state index < -0.39 is 0 Å². The van der Waals surface area contributed by atoms with Gasteiger partial charge in [0, 0.05) is 30.2 Å². The number of anilines is 1. The maximum Gasteiger partial charge on any atom is 0.228 e. The van der Waals surface area contributed by atoms with Crippen LogP contribution in [0.15, 0.2) is 6.07 Å². The molecule has 2 atom stereocenters. The highest BCUT2D eigenvalue weighted by molar-refractivity contribution is 6.20. The normalized spacial score (nSPS) is 24.1. The zero-order valence-electron chi connectivity index (χ0n) is 11.2. The summed E-state index contributed by atoms with van der Waals surface area (Å²) in [6.45, 7) is 8.53. The average molecular weight is 270 g/mol. The second-order valence-electron chi connectivity index (χ2n) is 4.81. The van der Waals surface area contributed by atoms with Crippen LogP contribution in [0.3, 0.4) is 0 Å². The molecule has 5 heteroatoms. The number of ether oxygens (including phenoxy) is 1. The van der Waals surface area contributed by atoms with Crippen molar-refractivity contribution in [2.45, 2.75) is 32.6 Å². The molecule has 2 rings (SSSR count). The minimum atomic E-state index is 0.262. The van der Waals surface area contributed by atoms with Gasteiger partial charge in [-0.15, -0.1) is 11.6 Å². The molecule has 0 amide bonds. The van der Waals surface area contributed by atoms with Crippen molar-refractivity contribution in [3.63, 3.8) is 0 Å². The molecule has 1 aliphatic rings. The van der Waals surface area contributed by atoms with Gasteiger partial charge in [0.15, 0.2) is 0 Å². The molecule has 1 aromatic rings. The summed E-state index contributed by atoms with van der Waals surface area (Å²) in [7, 11) is 0. The summed E-state index contributed by atoms with van der Waals surface area (Å²) < 4.78 is 5.46. The molecule has 2 unspecified atom stereocenters. The number of aromatic nitrogens is 2. The molecule has 1 fully saturated rings. The van der Waals surface area contributed by atoms with Gasteiger partial charge >= 0.3 is 0 Å². The van der Waals surface area contributed by atoms with Crippen LogP contribution in [-0.4, -0.2) is 35.0 Å². The molecule has 0 radical (unpaired) electrons. The highest BCUT2D eigenvalue weighted by Crippen LogP contribution is 2.25. The molecule has 0 spiro atoms. The first-order valence-corrected chi connectivity index (χ1v) is 6.91. The number of rotatable bonds is 3. The van der Waals surface area contributed by atoms with Gasteiger partial charge in [-0.2, -0.15) is 4.98 Å². The number of piperidine rings is 1. The number of nitrogens with zero attached hydrogens (tertiary/aromatic N) is 3. The summed E-state index contributed by atoms with van der Waals surface area (Å²) in [4.78, 5) is 11.1. The standard InChI is InChI=1S/C13H20ClN3O/c1-4-18-12-7-10(3)15-13(16-12)17-6-5-11(14)9(2)8-17/h7,9,11H,4-6,8H2,1-3H3. The second-order valence-corrected chi connectivity index (χ2v) is 5.37. The van der Waals surface area contributed by atoms with Crippen molar-refractivity contribution in [2.75, 3.05) is 24.6 Å². The summed E-state index contributed by atoms with van der Waals surface area (Å²) >= 11 is 6.24. The third-order valence-corrected chi connectivity index (χ3v) is 3.84. The third-order valence-electron chi connectivity index (χ3n) is 3.19. The predicted molar refractivity (Wildman–Crippen MR) is 73.6 cm³/mol. The summed E-state index contributed by atoms with van der Waals surface area (Å²) in [5.74, 6) is 1.87. The molecule has 100 valence electrons. The van der Waals surface area contributed by atoms with Crippen LogP contribution in [0.4, 0.5) is 5.95 Å². The first-order valence-electron chi connectivity index (χ1n) is 6.47. The summed E-state index contributed by atoms with van der Waals surface area (Å²) in [6.07, 6.45) is 0.976. The molecule has 18 heavy (non-hydrogen) atoms. The molecule has 0 N–H and O–H groups in total. The van der Waals surface area contributed by atoms with E-state index in [1.54, 1.807) is 0 Å². The van der Waals surface area contributed by atoms with Gasteiger partial charge in [-0.25, -0.2) is 4.98 Å². The van der Waals surface area contributed by atoms with Gasteiger partial charge in [-0.3, -0.25) is 0 Å². The van der Waals surface area contributed by atoms with E-state index in [9.17, 15) is 0 Å². The van der Waals surface area contributed by atoms with Crippen LogP contribution in [0.1, 0.15) is 26.0 Å². The summed E-state index contributed by atoms with van der Waals surface area (Å²) in [5.41, 5.74) is 0.934. The lowest BCUT2D eigenvalue weighted by molar-refractivity contribution is 0.325. The average Bonchev–Trinajstić information content (AvgIpc) is 2.32. The van der Waals surface area contributed by atoms with E-state index in [2.05, 4.69) is 21.8 Å². The lowest BCUT2D eigenvalue weighted by atomic mass is 10.00. The topological polar surface area (TPSA) is 38.2 Å². The Morgan fingerprint density at radius 1 is 1.50 bits per heavy atom. The molecular formula is C13H20ClN3O. The third kappa shape index (κ3) is 3.05. The van der Waals surface area contributed by atoms with Crippen LogP contribution in [0, 0.1) is 12.8 Å². The number of aryl methyl sites for hydroxylation is 1. The van der Waals surface area contributed by atoms with Crippen molar-refractivity contribution in [3.8, 4) is 5.88 Å².